The minimum absolute atomic E-state index is 0.0899. The lowest BCUT2D eigenvalue weighted by Crippen LogP contribution is -2.15. The molecular weight excluding hydrogens is 304 g/mol. The van der Waals surface area contributed by atoms with Crippen LogP contribution < -0.4 is 9.88 Å². The van der Waals surface area contributed by atoms with Crippen LogP contribution >= 0.6 is 0 Å². The molecule has 0 saturated heterocycles. The maximum absolute atomic E-state index is 11.6. The Balaban J connectivity index is 2.45. The number of nitro groups is 1. The van der Waals surface area contributed by atoms with Crippen molar-refractivity contribution in [1.29, 1.82) is 0 Å². The maximum atomic E-state index is 11.6. The third-order valence-corrected chi connectivity index (χ3v) is 3.41. The molecule has 1 heterocycles. The molecular formula is C10H10N4O6S. The average Bonchev–Trinajstić information content (AvgIpc) is 2.88. The van der Waals surface area contributed by atoms with Crippen molar-refractivity contribution in [1.82, 2.24) is 10.1 Å². The van der Waals surface area contributed by atoms with Gasteiger partial charge in [-0.15, -0.1) is 0 Å². The Bertz CT molecular complexity index is 771. The van der Waals surface area contributed by atoms with E-state index in [4.69, 9.17) is 9.88 Å². The summed E-state index contributed by atoms with van der Waals surface area (Å²) in [6, 6.07) is 2.02. The summed E-state index contributed by atoms with van der Waals surface area (Å²) in [6.45, 7) is 1.30. The second-order valence-electron chi connectivity index (χ2n) is 4.03. The monoisotopic (exact) mass is 314 g/mol. The van der Waals surface area contributed by atoms with Crippen molar-refractivity contribution in [2.24, 2.45) is 5.14 Å². The molecule has 2 N–H and O–H groups in total. The quantitative estimate of drug-likeness (QED) is 0.619. The van der Waals surface area contributed by atoms with Crippen molar-refractivity contribution in [2.45, 2.75) is 18.4 Å². The summed E-state index contributed by atoms with van der Waals surface area (Å²) in [5, 5.41) is 19.3. The zero-order valence-corrected chi connectivity index (χ0v) is 11.5. The van der Waals surface area contributed by atoms with Crippen molar-refractivity contribution in [3.63, 3.8) is 0 Å². The molecule has 10 nitrogen and oxygen atoms in total. The second-order valence-corrected chi connectivity index (χ2v) is 5.56. The minimum Gasteiger partial charge on any atom is -0.484 e. The number of hydrogen-bond donors (Lipinski definition) is 1. The number of nitrogens with two attached hydrogens (primary N) is 1. The Morgan fingerprint density at radius 1 is 1.48 bits per heavy atom. The summed E-state index contributed by atoms with van der Waals surface area (Å²) < 4.78 is 32.9. The molecule has 0 fully saturated rings. The van der Waals surface area contributed by atoms with Gasteiger partial charge < -0.3 is 9.26 Å². The lowest BCUT2D eigenvalue weighted by Gasteiger charge is -2.11. The summed E-state index contributed by atoms with van der Waals surface area (Å²) in [6.07, 6.45) is 1.09. The molecule has 0 unspecified atom stereocenters. The van der Waals surface area contributed by atoms with Gasteiger partial charge >= 0.3 is 0 Å². The normalized spacial score (nSPS) is 11.3. The van der Waals surface area contributed by atoms with Crippen LogP contribution in [0.4, 0.5) is 5.69 Å². The van der Waals surface area contributed by atoms with Gasteiger partial charge in [0, 0.05) is 12.1 Å². The van der Waals surface area contributed by atoms with Crippen LogP contribution in [0.1, 0.15) is 11.4 Å². The van der Waals surface area contributed by atoms with E-state index < -0.39 is 25.5 Å². The highest BCUT2D eigenvalue weighted by molar-refractivity contribution is 7.89. The zero-order chi connectivity index (χ0) is 15.6. The summed E-state index contributed by atoms with van der Waals surface area (Å²) in [5.74, 6) is 0.0982. The first-order valence-corrected chi connectivity index (χ1v) is 7.03. The van der Waals surface area contributed by atoms with Crippen LogP contribution in [0.15, 0.2) is 27.9 Å². The Labute approximate surface area is 118 Å². The predicted molar refractivity (Wildman–Crippen MR) is 67.8 cm³/mol. The lowest BCUT2D eigenvalue weighted by atomic mass is 10.2. The van der Waals surface area contributed by atoms with E-state index >= 15 is 0 Å². The Morgan fingerprint density at radius 2 is 2.19 bits per heavy atom. The van der Waals surface area contributed by atoms with Gasteiger partial charge in [0.2, 0.25) is 22.2 Å². The number of rotatable bonds is 5. The molecule has 2 aromatic rings. The number of aromatic nitrogens is 2. The van der Waals surface area contributed by atoms with Crippen LogP contribution in [0, 0.1) is 17.0 Å². The third-order valence-electron chi connectivity index (χ3n) is 2.50. The van der Waals surface area contributed by atoms with E-state index in [1.54, 1.807) is 0 Å². The highest BCUT2D eigenvalue weighted by Gasteiger charge is 2.23. The van der Waals surface area contributed by atoms with Crippen molar-refractivity contribution < 1.29 is 22.6 Å². The highest BCUT2D eigenvalue weighted by atomic mass is 32.2. The van der Waals surface area contributed by atoms with Crippen molar-refractivity contribution in [3.05, 3.63) is 40.0 Å². The molecule has 0 saturated carbocycles. The Morgan fingerprint density at radius 3 is 2.71 bits per heavy atom. The van der Waals surface area contributed by atoms with E-state index in [1.165, 1.54) is 13.0 Å². The van der Waals surface area contributed by atoms with Crippen molar-refractivity contribution in [3.8, 4) is 5.75 Å². The van der Waals surface area contributed by atoms with E-state index in [1.807, 2.05) is 0 Å². The topological polar surface area (TPSA) is 151 Å². The number of nitro benzene ring substituents is 1. The first-order valence-electron chi connectivity index (χ1n) is 5.49. The number of primary sulfonamides is 1. The van der Waals surface area contributed by atoms with Crippen molar-refractivity contribution in [2.75, 3.05) is 0 Å². The van der Waals surface area contributed by atoms with Gasteiger partial charge in [0.1, 0.15) is 10.6 Å². The van der Waals surface area contributed by atoms with Gasteiger partial charge in [-0.2, -0.15) is 4.98 Å². The summed E-state index contributed by atoms with van der Waals surface area (Å²) >= 11 is 0. The fourth-order valence-electron chi connectivity index (χ4n) is 1.62. The molecule has 0 radical (unpaired) electrons. The van der Waals surface area contributed by atoms with Gasteiger partial charge in [-0.05, 0) is 12.5 Å². The first-order chi connectivity index (χ1) is 9.79. The third kappa shape index (κ3) is 3.32. The molecule has 0 aliphatic heterocycles. The van der Waals surface area contributed by atoms with Gasteiger partial charge in [-0.25, -0.2) is 13.6 Å². The van der Waals surface area contributed by atoms with Crippen LogP contribution in [0.25, 0.3) is 0 Å². The number of ether oxygens (including phenoxy) is 1. The maximum Gasteiger partial charge on any atom is 0.271 e. The van der Waals surface area contributed by atoms with Crippen molar-refractivity contribution >= 4 is 15.7 Å². The molecule has 0 aliphatic carbocycles. The molecule has 0 spiro atoms. The molecule has 0 aliphatic rings. The van der Waals surface area contributed by atoms with Crippen LogP contribution in [-0.2, 0) is 16.6 Å². The minimum atomic E-state index is -4.20. The van der Waals surface area contributed by atoms with E-state index in [0.717, 1.165) is 12.5 Å². The van der Waals surface area contributed by atoms with E-state index in [-0.39, 0.29) is 23.7 Å². The van der Waals surface area contributed by atoms with E-state index in [2.05, 4.69) is 14.7 Å². The number of nitrogens with zero attached hydrogens (tertiary/aromatic N) is 3. The molecule has 0 bridgehead atoms. The first kappa shape index (κ1) is 14.9. The van der Waals surface area contributed by atoms with Crippen LogP contribution in [0.3, 0.4) is 0 Å². The Kier molecular flexibility index (Phi) is 3.86. The van der Waals surface area contributed by atoms with Crippen LogP contribution in [0.2, 0.25) is 0 Å². The standard InChI is InChI=1S/C10H10N4O6S/c1-6-2-7(14(15)16)3-8(21(11,17)18)10(6)19-4-9-12-5-20-13-9/h2-3,5H,4H2,1H3,(H2,11,17,18). The summed E-state index contributed by atoms with van der Waals surface area (Å²) in [5.41, 5.74) is -0.153. The van der Waals surface area contributed by atoms with Gasteiger partial charge in [-0.3, -0.25) is 10.1 Å². The number of aryl methyl sites for hydroxylation is 1. The zero-order valence-electron chi connectivity index (χ0n) is 10.7. The summed E-state index contributed by atoms with van der Waals surface area (Å²) in [4.78, 5) is 13.3. The van der Waals surface area contributed by atoms with E-state index in [0.29, 0.717) is 0 Å². The van der Waals surface area contributed by atoms with Gasteiger partial charge in [0.05, 0.1) is 4.92 Å². The average molecular weight is 314 g/mol. The molecule has 11 heteroatoms. The number of non-ortho nitro benzene ring substituents is 1. The highest BCUT2D eigenvalue weighted by Crippen LogP contribution is 2.32. The molecule has 21 heavy (non-hydrogen) atoms. The number of sulfonamides is 1. The number of benzene rings is 1. The molecule has 0 atom stereocenters. The lowest BCUT2D eigenvalue weighted by molar-refractivity contribution is -0.385. The predicted octanol–water partition coefficient (Wildman–Crippen LogP) is 0.513. The van der Waals surface area contributed by atoms with Gasteiger partial charge in [0.25, 0.3) is 5.69 Å². The number of hydrogen-bond acceptors (Lipinski definition) is 8. The SMILES string of the molecule is Cc1cc([N+](=O)[O-])cc(S(N)(=O)=O)c1OCc1ncon1. The van der Waals surface area contributed by atoms with Gasteiger partial charge in [0.15, 0.2) is 6.61 Å². The molecule has 1 aromatic carbocycles. The molecule has 2 rings (SSSR count). The van der Waals surface area contributed by atoms with Gasteiger partial charge in [-0.1, -0.05) is 5.16 Å². The summed E-state index contributed by atoms with van der Waals surface area (Å²) in [7, 11) is -4.20. The van der Waals surface area contributed by atoms with Crippen LogP contribution in [-0.4, -0.2) is 23.5 Å². The van der Waals surface area contributed by atoms with Crippen LogP contribution in [0.5, 0.6) is 5.75 Å². The Hall–Kier alpha value is -2.53. The fraction of sp³-hybridized carbons (Fsp3) is 0.200. The molecule has 112 valence electrons. The second kappa shape index (κ2) is 5.46. The fourth-order valence-corrected chi connectivity index (χ4v) is 2.38. The molecule has 1 aromatic heterocycles. The largest absolute Gasteiger partial charge is 0.484 e. The van der Waals surface area contributed by atoms with E-state index in [9.17, 15) is 18.5 Å². The molecule has 0 amide bonds. The smallest absolute Gasteiger partial charge is 0.271 e.